The largest absolute Gasteiger partial charge is 0.490 e. The Kier molecular flexibility index (Phi) is 2.96. The lowest BCUT2D eigenvalue weighted by Gasteiger charge is -2.27. The molecule has 0 bridgehead atoms. The number of rotatable bonds is 3. The number of aromatic nitrogens is 2. The van der Waals surface area contributed by atoms with Crippen molar-refractivity contribution in [2.75, 3.05) is 5.73 Å². The normalized spacial score (nSPS) is 17.2. The van der Waals surface area contributed by atoms with Crippen molar-refractivity contribution in [2.24, 2.45) is 5.73 Å². The highest BCUT2D eigenvalue weighted by Crippen LogP contribution is 2.32. The predicted octanol–water partition coefficient (Wildman–Crippen LogP) is 1.09. The Bertz CT molecular complexity index is 611. The molecule has 1 unspecified atom stereocenters. The summed E-state index contributed by atoms with van der Waals surface area (Å²) < 4.78 is 5.83. The Morgan fingerprint density at radius 2 is 2.11 bits per heavy atom. The molecule has 1 aromatic heterocycles. The number of hydrogen-bond acceptors (Lipinski definition) is 6. The van der Waals surface area contributed by atoms with E-state index in [0.717, 1.165) is 12.8 Å². The molecule has 1 atom stereocenters. The zero-order valence-electron chi connectivity index (χ0n) is 10.4. The van der Waals surface area contributed by atoms with Crippen LogP contribution in [0.3, 0.4) is 0 Å². The second-order valence-electron chi connectivity index (χ2n) is 4.78. The molecule has 1 aliphatic rings. The first-order valence-corrected chi connectivity index (χ1v) is 6.29. The van der Waals surface area contributed by atoms with E-state index in [1.807, 2.05) is 0 Å². The number of benzene rings is 1. The molecule has 6 nitrogen and oxygen atoms in total. The van der Waals surface area contributed by atoms with Crippen LogP contribution in [0.2, 0.25) is 0 Å². The van der Waals surface area contributed by atoms with E-state index in [0.29, 0.717) is 28.0 Å². The summed E-state index contributed by atoms with van der Waals surface area (Å²) in [7, 11) is 0. The van der Waals surface area contributed by atoms with Crippen LogP contribution < -0.4 is 16.2 Å². The fourth-order valence-corrected chi connectivity index (χ4v) is 2.16. The van der Waals surface area contributed by atoms with Crippen LogP contribution in [0, 0.1) is 0 Å². The van der Waals surface area contributed by atoms with Gasteiger partial charge < -0.3 is 21.3 Å². The van der Waals surface area contributed by atoms with Crippen LogP contribution in [0.5, 0.6) is 5.75 Å². The zero-order chi connectivity index (χ0) is 13.4. The third kappa shape index (κ3) is 2.20. The molecule has 1 heterocycles. The third-order valence-electron chi connectivity index (χ3n) is 3.45. The Morgan fingerprint density at radius 1 is 1.32 bits per heavy atom. The number of ether oxygens (including phenoxy) is 1. The summed E-state index contributed by atoms with van der Waals surface area (Å²) >= 11 is 0. The number of aliphatic hydroxyl groups is 1. The summed E-state index contributed by atoms with van der Waals surface area (Å²) in [5.74, 6) is 1.00. The van der Waals surface area contributed by atoms with Crippen LogP contribution in [0.1, 0.15) is 31.1 Å². The first-order valence-electron chi connectivity index (χ1n) is 6.29. The van der Waals surface area contributed by atoms with Crippen LogP contribution in [-0.4, -0.2) is 21.2 Å². The molecule has 1 aliphatic carbocycles. The van der Waals surface area contributed by atoms with Crippen molar-refractivity contribution < 1.29 is 9.84 Å². The number of anilines is 1. The molecule has 0 radical (unpaired) electrons. The fraction of sp³-hybridized carbons (Fsp3) is 0.385. The van der Waals surface area contributed by atoms with Gasteiger partial charge in [-0.3, -0.25) is 0 Å². The molecular formula is C13H16N4O2. The molecule has 19 heavy (non-hydrogen) atoms. The molecule has 0 saturated heterocycles. The third-order valence-corrected chi connectivity index (χ3v) is 3.45. The summed E-state index contributed by atoms with van der Waals surface area (Å²) in [6, 6.07) is 3.52. The van der Waals surface area contributed by atoms with Crippen LogP contribution in [0.4, 0.5) is 5.82 Å². The molecule has 1 aromatic carbocycles. The lowest BCUT2D eigenvalue weighted by Crippen LogP contribution is -2.24. The minimum atomic E-state index is -1.12. The summed E-state index contributed by atoms with van der Waals surface area (Å²) in [4.78, 5) is 8.08. The van der Waals surface area contributed by atoms with Gasteiger partial charge in [-0.05, 0) is 31.4 Å². The Hall–Kier alpha value is -1.92. The number of aliphatic hydroxyl groups excluding tert-OH is 1. The van der Waals surface area contributed by atoms with Crippen LogP contribution >= 0.6 is 0 Å². The Morgan fingerprint density at radius 3 is 2.74 bits per heavy atom. The lowest BCUT2D eigenvalue weighted by atomic mass is 9.96. The molecule has 0 spiro atoms. The van der Waals surface area contributed by atoms with Gasteiger partial charge in [-0.2, -0.15) is 0 Å². The maximum atomic E-state index is 9.66. The predicted molar refractivity (Wildman–Crippen MR) is 71.4 cm³/mol. The van der Waals surface area contributed by atoms with E-state index < -0.39 is 6.23 Å². The molecule has 2 aromatic rings. The van der Waals surface area contributed by atoms with Crippen LogP contribution in [0.25, 0.3) is 10.9 Å². The second kappa shape index (κ2) is 4.64. The fourth-order valence-electron chi connectivity index (χ4n) is 2.16. The van der Waals surface area contributed by atoms with Gasteiger partial charge in [0.05, 0.1) is 11.6 Å². The topological polar surface area (TPSA) is 107 Å². The SMILES string of the molecule is Nc1ncnc2c(C(N)O)cc(OC3CCC3)cc12. The van der Waals surface area contributed by atoms with Gasteiger partial charge >= 0.3 is 0 Å². The second-order valence-corrected chi connectivity index (χ2v) is 4.78. The maximum Gasteiger partial charge on any atom is 0.134 e. The smallest absolute Gasteiger partial charge is 0.134 e. The van der Waals surface area contributed by atoms with Crippen molar-refractivity contribution >= 4 is 16.7 Å². The molecular weight excluding hydrogens is 244 g/mol. The van der Waals surface area contributed by atoms with Crippen LogP contribution in [0.15, 0.2) is 18.5 Å². The van der Waals surface area contributed by atoms with E-state index in [-0.39, 0.29) is 6.10 Å². The summed E-state index contributed by atoms with van der Waals surface area (Å²) in [6.07, 6.45) is 3.78. The quantitative estimate of drug-likeness (QED) is 0.713. The lowest BCUT2D eigenvalue weighted by molar-refractivity contribution is 0.119. The molecule has 0 aliphatic heterocycles. The van der Waals surface area contributed by atoms with Gasteiger partial charge in [0, 0.05) is 10.9 Å². The van der Waals surface area contributed by atoms with E-state index in [4.69, 9.17) is 16.2 Å². The average molecular weight is 260 g/mol. The monoisotopic (exact) mass is 260 g/mol. The van der Waals surface area contributed by atoms with E-state index >= 15 is 0 Å². The van der Waals surface area contributed by atoms with Gasteiger partial charge in [0.15, 0.2) is 0 Å². The highest BCUT2D eigenvalue weighted by Gasteiger charge is 2.21. The van der Waals surface area contributed by atoms with Crippen molar-refractivity contribution in [3.8, 4) is 5.75 Å². The first-order chi connectivity index (χ1) is 9.15. The van der Waals surface area contributed by atoms with E-state index in [1.54, 1.807) is 12.1 Å². The number of nitrogens with zero attached hydrogens (tertiary/aromatic N) is 2. The minimum absolute atomic E-state index is 0.242. The molecule has 0 amide bonds. The number of nitrogen functional groups attached to an aromatic ring is 1. The number of nitrogens with two attached hydrogens (primary N) is 2. The van der Waals surface area contributed by atoms with E-state index in [1.165, 1.54) is 12.7 Å². The van der Waals surface area contributed by atoms with Gasteiger partial charge in [0.1, 0.15) is 24.1 Å². The van der Waals surface area contributed by atoms with Crippen LogP contribution in [-0.2, 0) is 0 Å². The number of fused-ring (bicyclic) bond motifs is 1. The molecule has 100 valence electrons. The summed E-state index contributed by atoms with van der Waals surface area (Å²) in [5, 5.41) is 10.3. The molecule has 6 heteroatoms. The minimum Gasteiger partial charge on any atom is -0.490 e. The van der Waals surface area contributed by atoms with Crippen molar-refractivity contribution in [3.63, 3.8) is 0 Å². The van der Waals surface area contributed by atoms with Crippen molar-refractivity contribution in [1.29, 1.82) is 0 Å². The zero-order valence-corrected chi connectivity index (χ0v) is 10.4. The maximum absolute atomic E-state index is 9.66. The van der Waals surface area contributed by atoms with Gasteiger partial charge in [-0.1, -0.05) is 0 Å². The van der Waals surface area contributed by atoms with Gasteiger partial charge in [0.25, 0.3) is 0 Å². The summed E-state index contributed by atoms with van der Waals surface area (Å²) in [5.41, 5.74) is 12.5. The van der Waals surface area contributed by atoms with Crippen molar-refractivity contribution in [2.45, 2.75) is 31.6 Å². The Labute approximate surface area is 110 Å². The molecule has 3 rings (SSSR count). The standard InChI is InChI=1S/C13H16N4O2/c14-12-9-4-8(19-7-2-1-3-7)5-10(13(15)18)11(9)16-6-17-12/h4-7,13,18H,1-3,15H2,(H2,14,16,17). The highest BCUT2D eigenvalue weighted by molar-refractivity contribution is 5.91. The van der Waals surface area contributed by atoms with Crippen molar-refractivity contribution in [1.82, 2.24) is 9.97 Å². The van der Waals surface area contributed by atoms with E-state index in [9.17, 15) is 5.11 Å². The van der Waals surface area contributed by atoms with E-state index in [2.05, 4.69) is 9.97 Å². The molecule has 1 saturated carbocycles. The van der Waals surface area contributed by atoms with Gasteiger partial charge in [-0.25, -0.2) is 9.97 Å². The summed E-state index contributed by atoms with van der Waals surface area (Å²) in [6.45, 7) is 0. The number of hydrogen-bond donors (Lipinski definition) is 3. The van der Waals surface area contributed by atoms with Gasteiger partial charge in [-0.15, -0.1) is 0 Å². The first kappa shape index (κ1) is 12.1. The molecule has 5 N–H and O–H groups in total. The molecule has 1 fully saturated rings. The van der Waals surface area contributed by atoms with Gasteiger partial charge in [0.2, 0.25) is 0 Å². The Balaban J connectivity index is 2.10. The van der Waals surface area contributed by atoms with Crippen molar-refractivity contribution in [3.05, 3.63) is 24.0 Å². The highest BCUT2D eigenvalue weighted by atomic mass is 16.5. The average Bonchev–Trinajstić information content (AvgIpc) is 2.34.